The Morgan fingerprint density at radius 2 is 2.10 bits per heavy atom. The fraction of sp³-hybridized carbons (Fsp3) is 0.200. The minimum absolute atomic E-state index is 0.00528. The van der Waals surface area contributed by atoms with Gasteiger partial charge in [0.05, 0.1) is 11.1 Å². The molecule has 106 valence electrons. The maximum Gasteiger partial charge on any atom is 0.416 e. The molecule has 0 saturated carbocycles. The maximum absolute atomic E-state index is 12.4. The quantitative estimate of drug-likeness (QED) is 0.865. The number of tetrazole rings is 1. The summed E-state index contributed by atoms with van der Waals surface area (Å²) in [5.41, 5.74) is -1.37. The van der Waals surface area contributed by atoms with Crippen LogP contribution < -0.4 is 5.32 Å². The van der Waals surface area contributed by atoms with Gasteiger partial charge in [-0.2, -0.15) is 13.2 Å². The molecule has 0 aliphatic heterocycles. The smallest absolute Gasteiger partial charge is 0.416 e. The first-order valence-corrected chi connectivity index (χ1v) is 5.23. The van der Waals surface area contributed by atoms with Crippen molar-refractivity contribution in [3.8, 4) is 5.75 Å². The summed E-state index contributed by atoms with van der Waals surface area (Å²) in [6.07, 6.45) is -4.60. The van der Waals surface area contributed by atoms with Crippen molar-refractivity contribution in [3.05, 3.63) is 29.3 Å². The van der Waals surface area contributed by atoms with Crippen LogP contribution in [0.1, 0.15) is 15.9 Å². The number of amides is 1. The highest BCUT2D eigenvalue weighted by Crippen LogP contribution is 2.32. The first kappa shape index (κ1) is 13.8. The first-order valence-electron chi connectivity index (χ1n) is 5.23. The summed E-state index contributed by atoms with van der Waals surface area (Å²) < 4.78 is 38.4. The van der Waals surface area contributed by atoms with Crippen LogP contribution in [0.4, 0.5) is 19.1 Å². The number of carbonyl (C=O) groups is 1. The Kier molecular flexibility index (Phi) is 3.30. The van der Waals surface area contributed by atoms with Crippen LogP contribution >= 0.6 is 0 Å². The van der Waals surface area contributed by atoms with Gasteiger partial charge in [-0.3, -0.25) is 10.1 Å². The summed E-state index contributed by atoms with van der Waals surface area (Å²) in [6.45, 7) is 0. The number of carbonyl (C=O) groups excluding carboxylic acids is 1. The Balaban J connectivity index is 2.25. The third kappa shape index (κ3) is 2.68. The van der Waals surface area contributed by atoms with Crippen molar-refractivity contribution in [2.24, 2.45) is 7.05 Å². The van der Waals surface area contributed by atoms with Crippen molar-refractivity contribution in [1.29, 1.82) is 0 Å². The zero-order chi connectivity index (χ0) is 14.9. The number of halogens is 3. The summed E-state index contributed by atoms with van der Waals surface area (Å²) in [6, 6.07) is 2.05. The van der Waals surface area contributed by atoms with E-state index < -0.39 is 23.4 Å². The van der Waals surface area contributed by atoms with Crippen LogP contribution in [0.5, 0.6) is 5.75 Å². The minimum Gasteiger partial charge on any atom is -0.507 e. The van der Waals surface area contributed by atoms with E-state index in [1.54, 1.807) is 0 Å². The largest absolute Gasteiger partial charge is 0.507 e. The highest BCUT2D eigenvalue weighted by Gasteiger charge is 2.31. The lowest BCUT2D eigenvalue weighted by Gasteiger charge is -2.09. The van der Waals surface area contributed by atoms with Gasteiger partial charge in [0.15, 0.2) is 0 Å². The number of benzene rings is 1. The monoisotopic (exact) mass is 287 g/mol. The summed E-state index contributed by atoms with van der Waals surface area (Å²) >= 11 is 0. The minimum atomic E-state index is -4.60. The van der Waals surface area contributed by atoms with Gasteiger partial charge in [0.25, 0.3) is 5.91 Å². The standard InChI is InChI=1S/C10H8F3N5O2/c1-18-9(15-16-17-18)14-8(20)6-3-2-5(4-7(6)19)10(11,12)13/h2-4,19H,1H3,(H,14,15,17,20). The summed E-state index contributed by atoms with van der Waals surface area (Å²) in [7, 11) is 1.46. The molecule has 0 atom stereocenters. The van der Waals surface area contributed by atoms with Crippen LogP contribution in [-0.4, -0.2) is 31.2 Å². The lowest BCUT2D eigenvalue weighted by molar-refractivity contribution is -0.137. The Morgan fingerprint density at radius 1 is 1.40 bits per heavy atom. The summed E-state index contributed by atoms with van der Waals surface area (Å²) in [5, 5.41) is 22.0. The molecule has 0 radical (unpaired) electrons. The topological polar surface area (TPSA) is 92.9 Å². The van der Waals surface area contributed by atoms with Crippen LogP contribution in [0.25, 0.3) is 0 Å². The Hall–Kier alpha value is -2.65. The zero-order valence-corrected chi connectivity index (χ0v) is 10.0. The highest BCUT2D eigenvalue weighted by atomic mass is 19.4. The van der Waals surface area contributed by atoms with Crippen molar-refractivity contribution in [1.82, 2.24) is 20.2 Å². The molecule has 0 spiro atoms. The molecule has 7 nitrogen and oxygen atoms in total. The molecular weight excluding hydrogens is 279 g/mol. The molecule has 10 heteroatoms. The molecular formula is C10H8F3N5O2. The molecule has 2 N–H and O–H groups in total. The molecule has 0 fully saturated rings. The molecule has 0 bridgehead atoms. The summed E-state index contributed by atoms with van der Waals surface area (Å²) in [5.74, 6) is -1.61. The molecule has 20 heavy (non-hydrogen) atoms. The van der Waals surface area contributed by atoms with Gasteiger partial charge >= 0.3 is 6.18 Å². The second-order valence-corrected chi connectivity index (χ2v) is 3.81. The predicted molar refractivity (Wildman–Crippen MR) is 59.9 cm³/mol. The normalized spacial score (nSPS) is 11.4. The van der Waals surface area contributed by atoms with E-state index in [1.807, 2.05) is 0 Å². The van der Waals surface area contributed by atoms with Crippen LogP contribution in [-0.2, 0) is 13.2 Å². The van der Waals surface area contributed by atoms with E-state index in [4.69, 9.17) is 0 Å². The van der Waals surface area contributed by atoms with Gasteiger partial charge in [0, 0.05) is 7.05 Å². The van der Waals surface area contributed by atoms with E-state index >= 15 is 0 Å². The number of aromatic nitrogens is 4. The SMILES string of the molecule is Cn1nnnc1NC(=O)c1ccc(C(F)(F)F)cc1O. The second-order valence-electron chi connectivity index (χ2n) is 3.81. The maximum atomic E-state index is 12.4. The molecule has 1 heterocycles. The molecule has 1 aromatic carbocycles. The number of anilines is 1. The molecule has 0 aliphatic carbocycles. The van der Waals surface area contributed by atoms with Crippen LogP contribution in [0, 0.1) is 0 Å². The summed E-state index contributed by atoms with van der Waals surface area (Å²) in [4.78, 5) is 11.8. The van der Waals surface area contributed by atoms with Crippen molar-refractivity contribution in [3.63, 3.8) is 0 Å². The lowest BCUT2D eigenvalue weighted by atomic mass is 10.1. The van der Waals surface area contributed by atoms with E-state index in [0.717, 1.165) is 10.7 Å². The fourth-order valence-corrected chi connectivity index (χ4v) is 1.40. The van der Waals surface area contributed by atoms with Gasteiger partial charge in [-0.25, -0.2) is 4.68 Å². The average Bonchev–Trinajstić information content (AvgIpc) is 2.73. The number of aryl methyl sites for hydroxylation is 1. The van der Waals surface area contributed by atoms with Crippen molar-refractivity contribution in [2.45, 2.75) is 6.18 Å². The van der Waals surface area contributed by atoms with Crippen molar-refractivity contribution in [2.75, 3.05) is 5.32 Å². The number of phenolic OH excluding ortho intramolecular Hbond substituents is 1. The first-order chi connectivity index (χ1) is 9.29. The number of aromatic hydroxyl groups is 1. The van der Waals surface area contributed by atoms with Gasteiger partial charge < -0.3 is 5.11 Å². The van der Waals surface area contributed by atoms with E-state index in [1.165, 1.54) is 7.05 Å². The van der Waals surface area contributed by atoms with Gasteiger partial charge in [-0.05, 0) is 28.6 Å². The second kappa shape index (κ2) is 4.79. The van der Waals surface area contributed by atoms with Crippen LogP contribution in [0.15, 0.2) is 18.2 Å². The Labute approximate surface area is 110 Å². The highest BCUT2D eigenvalue weighted by molar-refractivity contribution is 6.05. The average molecular weight is 287 g/mol. The van der Waals surface area contributed by atoms with E-state index in [9.17, 15) is 23.1 Å². The number of nitrogens with one attached hydrogen (secondary N) is 1. The van der Waals surface area contributed by atoms with Crippen molar-refractivity contribution >= 4 is 11.9 Å². The van der Waals surface area contributed by atoms with Crippen LogP contribution in [0.2, 0.25) is 0 Å². The van der Waals surface area contributed by atoms with Crippen molar-refractivity contribution < 1.29 is 23.1 Å². The third-order valence-electron chi connectivity index (χ3n) is 2.42. The molecule has 0 saturated heterocycles. The Morgan fingerprint density at radius 3 is 2.60 bits per heavy atom. The molecule has 1 amide bonds. The van der Waals surface area contributed by atoms with Gasteiger partial charge in [-0.1, -0.05) is 5.10 Å². The molecule has 2 aromatic rings. The van der Waals surface area contributed by atoms with Crippen LogP contribution in [0.3, 0.4) is 0 Å². The molecule has 1 aromatic heterocycles. The zero-order valence-electron chi connectivity index (χ0n) is 10.0. The number of rotatable bonds is 2. The number of phenols is 1. The molecule has 0 aliphatic rings. The van der Waals surface area contributed by atoms with Gasteiger partial charge in [-0.15, -0.1) is 0 Å². The third-order valence-corrected chi connectivity index (χ3v) is 2.42. The predicted octanol–water partition coefficient (Wildman–Crippen LogP) is 1.19. The fourth-order valence-electron chi connectivity index (χ4n) is 1.40. The van der Waals surface area contributed by atoms with Gasteiger partial charge in [0.1, 0.15) is 5.75 Å². The number of hydrogen-bond donors (Lipinski definition) is 2. The number of alkyl halides is 3. The van der Waals surface area contributed by atoms with E-state index in [2.05, 4.69) is 20.8 Å². The molecule has 2 rings (SSSR count). The van der Waals surface area contributed by atoms with Gasteiger partial charge in [0.2, 0.25) is 5.95 Å². The molecule has 0 unspecified atom stereocenters. The van der Waals surface area contributed by atoms with E-state index in [-0.39, 0.29) is 11.5 Å². The van der Waals surface area contributed by atoms with E-state index in [0.29, 0.717) is 12.1 Å². The number of hydrogen-bond acceptors (Lipinski definition) is 5. The lowest BCUT2D eigenvalue weighted by Crippen LogP contribution is -2.16. The Bertz CT molecular complexity index is 653. The number of nitrogens with zero attached hydrogens (tertiary/aromatic N) is 4.